The Morgan fingerprint density at radius 3 is 2.50 bits per heavy atom. The van der Waals surface area contributed by atoms with Gasteiger partial charge in [-0.25, -0.2) is 0 Å². The summed E-state index contributed by atoms with van der Waals surface area (Å²) in [6.07, 6.45) is 0.649. The van der Waals surface area contributed by atoms with Crippen molar-refractivity contribution in [2.45, 2.75) is 19.4 Å². The Labute approximate surface area is 196 Å². The highest BCUT2D eigenvalue weighted by molar-refractivity contribution is 9.10. The van der Waals surface area contributed by atoms with Crippen LogP contribution in [0.1, 0.15) is 29.2 Å². The van der Waals surface area contributed by atoms with E-state index in [1.165, 1.54) is 18.1 Å². The lowest BCUT2D eigenvalue weighted by atomic mass is 9.94. The van der Waals surface area contributed by atoms with E-state index in [0.29, 0.717) is 24.1 Å². The molecule has 7 nitrogen and oxygen atoms in total. The van der Waals surface area contributed by atoms with E-state index in [1.807, 2.05) is 25.9 Å². The fourth-order valence-corrected chi connectivity index (χ4v) is 4.09. The number of aliphatic hydroxyl groups excluding tert-OH is 1. The van der Waals surface area contributed by atoms with Crippen LogP contribution >= 0.6 is 15.9 Å². The first-order chi connectivity index (χ1) is 15.1. The first kappa shape index (κ1) is 23.8. The first-order valence-electron chi connectivity index (χ1n) is 10.2. The summed E-state index contributed by atoms with van der Waals surface area (Å²) < 4.78 is 5.99. The molecule has 2 aromatic rings. The molecule has 1 fully saturated rings. The minimum Gasteiger partial charge on any atom is -0.507 e. The molecule has 0 radical (unpaired) electrons. The van der Waals surface area contributed by atoms with Crippen LogP contribution in [-0.2, 0) is 9.59 Å². The van der Waals surface area contributed by atoms with Gasteiger partial charge in [-0.05, 0) is 69.4 Å². The number of carbonyl (C=O) groups excluding carboxylic acids is 2. The monoisotopic (exact) mass is 502 g/mol. The number of rotatable bonds is 7. The van der Waals surface area contributed by atoms with E-state index in [9.17, 15) is 19.8 Å². The number of carbonyl (C=O) groups is 2. The van der Waals surface area contributed by atoms with Crippen molar-refractivity contribution in [1.29, 1.82) is 0 Å². The number of methoxy groups -OCH3 is 1. The molecule has 0 saturated carbocycles. The van der Waals surface area contributed by atoms with Crippen LogP contribution in [0.2, 0.25) is 0 Å². The topological polar surface area (TPSA) is 90.3 Å². The summed E-state index contributed by atoms with van der Waals surface area (Å²) in [5.41, 5.74) is 1.85. The van der Waals surface area contributed by atoms with Crippen molar-refractivity contribution in [3.8, 4) is 11.5 Å². The standard InChI is InChI=1S/C24H27BrN2O5/c1-14-12-16(6-8-17(14)25)22(29)20-21(15-7-9-19(32-4)18(28)13-15)27(24(31)23(20)30)11-5-10-26(2)3/h6-9,12-13,21,28-29H,5,10-11H2,1-4H3/b22-20-. The van der Waals surface area contributed by atoms with Crippen LogP contribution < -0.4 is 4.74 Å². The maximum atomic E-state index is 13.1. The fourth-order valence-electron chi connectivity index (χ4n) is 3.84. The Bertz CT molecular complexity index is 1080. The quantitative estimate of drug-likeness (QED) is 0.339. The van der Waals surface area contributed by atoms with Gasteiger partial charge in [0.05, 0.1) is 18.7 Å². The molecule has 8 heteroatoms. The molecule has 0 spiro atoms. The Morgan fingerprint density at radius 2 is 1.91 bits per heavy atom. The molecule has 1 aliphatic rings. The molecule has 2 N–H and O–H groups in total. The van der Waals surface area contributed by atoms with E-state index < -0.39 is 17.7 Å². The molecular weight excluding hydrogens is 476 g/mol. The van der Waals surface area contributed by atoms with Crippen molar-refractivity contribution >= 4 is 33.4 Å². The first-order valence-corrected chi connectivity index (χ1v) is 11.0. The van der Waals surface area contributed by atoms with Crippen LogP contribution in [0.25, 0.3) is 5.76 Å². The van der Waals surface area contributed by atoms with Gasteiger partial charge in [-0.15, -0.1) is 0 Å². The van der Waals surface area contributed by atoms with Gasteiger partial charge in [0.25, 0.3) is 11.7 Å². The number of aromatic hydroxyl groups is 1. The third kappa shape index (κ3) is 4.66. The third-order valence-electron chi connectivity index (χ3n) is 5.49. The van der Waals surface area contributed by atoms with E-state index in [0.717, 1.165) is 16.6 Å². The zero-order valence-electron chi connectivity index (χ0n) is 18.6. The second kappa shape index (κ2) is 9.75. The number of ether oxygens (including phenoxy) is 1. The van der Waals surface area contributed by atoms with Gasteiger partial charge < -0.3 is 24.7 Å². The van der Waals surface area contributed by atoms with E-state index in [1.54, 1.807) is 30.3 Å². The summed E-state index contributed by atoms with van der Waals surface area (Å²) in [6.45, 7) is 2.94. The fraction of sp³-hybridized carbons (Fsp3) is 0.333. The van der Waals surface area contributed by atoms with Crippen LogP contribution in [0.15, 0.2) is 46.4 Å². The van der Waals surface area contributed by atoms with Gasteiger partial charge in [0, 0.05) is 16.6 Å². The lowest BCUT2D eigenvalue weighted by molar-refractivity contribution is -0.139. The SMILES string of the molecule is COc1ccc(C2/C(=C(/O)c3ccc(Br)c(C)c3)C(=O)C(=O)N2CCCN(C)C)cc1O. The summed E-state index contributed by atoms with van der Waals surface area (Å²) in [4.78, 5) is 29.5. The highest BCUT2D eigenvalue weighted by Crippen LogP contribution is 2.42. The molecule has 1 aliphatic heterocycles. The minimum absolute atomic E-state index is 0.00569. The predicted molar refractivity (Wildman–Crippen MR) is 126 cm³/mol. The number of hydrogen-bond acceptors (Lipinski definition) is 6. The van der Waals surface area contributed by atoms with Gasteiger partial charge >= 0.3 is 0 Å². The molecule has 3 rings (SSSR count). The van der Waals surface area contributed by atoms with Crippen LogP contribution in [0.3, 0.4) is 0 Å². The smallest absolute Gasteiger partial charge is 0.295 e. The summed E-state index contributed by atoms with van der Waals surface area (Å²) in [7, 11) is 5.31. The number of likely N-dealkylation sites (tertiary alicyclic amines) is 1. The van der Waals surface area contributed by atoms with Crippen LogP contribution in [0.4, 0.5) is 0 Å². The highest BCUT2D eigenvalue weighted by atomic mass is 79.9. The number of aryl methyl sites for hydroxylation is 1. The number of nitrogens with zero attached hydrogens (tertiary/aromatic N) is 2. The average Bonchev–Trinajstić information content (AvgIpc) is 3.00. The van der Waals surface area contributed by atoms with Gasteiger partial charge in [0.2, 0.25) is 0 Å². The molecular formula is C24H27BrN2O5. The molecule has 1 saturated heterocycles. The molecule has 2 aromatic carbocycles. The maximum Gasteiger partial charge on any atom is 0.295 e. The number of amides is 1. The summed E-state index contributed by atoms with van der Waals surface area (Å²) in [6, 6.07) is 9.14. The zero-order chi connectivity index (χ0) is 23.6. The van der Waals surface area contributed by atoms with E-state index in [2.05, 4.69) is 15.9 Å². The Morgan fingerprint density at radius 1 is 1.19 bits per heavy atom. The summed E-state index contributed by atoms with van der Waals surface area (Å²) >= 11 is 3.43. The maximum absolute atomic E-state index is 13.1. The third-order valence-corrected chi connectivity index (χ3v) is 6.38. The Balaban J connectivity index is 2.14. The summed E-state index contributed by atoms with van der Waals surface area (Å²) in [5.74, 6) is -1.48. The number of phenols is 1. The molecule has 32 heavy (non-hydrogen) atoms. The van der Waals surface area contributed by atoms with Crippen LogP contribution in [0.5, 0.6) is 11.5 Å². The number of phenolic OH excluding ortho intramolecular Hbond substituents is 1. The van der Waals surface area contributed by atoms with Crippen molar-refractivity contribution < 1.29 is 24.5 Å². The second-order valence-electron chi connectivity index (χ2n) is 8.04. The molecule has 0 aromatic heterocycles. The van der Waals surface area contributed by atoms with E-state index in [4.69, 9.17) is 4.74 Å². The molecule has 1 heterocycles. The van der Waals surface area contributed by atoms with Crippen LogP contribution in [0, 0.1) is 6.92 Å². The molecule has 1 atom stereocenters. The Hall–Kier alpha value is -2.84. The normalized spacial score (nSPS) is 17.9. The van der Waals surface area contributed by atoms with Gasteiger partial charge in [-0.3, -0.25) is 9.59 Å². The van der Waals surface area contributed by atoms with Crippen molar-refractivity contribution in [1.82, 2.24) is 9.80 Å². The van der Waals surface area contributed by atoms with Crippen molar-refractivity contribution in [2.75, 3.05) is 34.3 Å². The molecule has 170 valence electrons. The van der Waals surface area contributed by atoms with Gasteiger partial charge in [0.1, 0.15) is 5.76 Å². The van der Waals surface area contributed by atoms with E-state index >= 15 is 0 Å². The minimum atomic E-state index is -0.821. The number of aliphatic hydroxyl groups is 1. The second-order valence-corrected chi connectivity index (χ2v) is 8.90. The molecule has 1 amide bonds. The Kier molecular flexibility index (Phi) is 7.26. The largest absolute Gasteiger partial charge is 0.507 e. The highest BCUT2D eigenvalue weighted by Gasteiger charge is 2.46. The lowest BCUT2D eigenvalue weighted by Gasteiger charge is -2.26. The van der Waals surface area contributed by atoms with Crippen LogP contribution in [-0.4, -0.2) is 66.0 Å². The average molecular weight is 503 g/mol. The van der Waals surface area contributed by atoms with E-state index in [-0.39, 0.29) is 22.8 Å². The number of ketones is 1. The van der Waals surface area contributed by atoms with Crippen molar-refractivity contribution in [3.05, 3.63) is 63.1 Å². The zero-order valence-corrected chi connectivity index (χ0v) is 20.1. The van der Waals surface area contributed by atoms with Gasteiger partial charge in [0.15, 0.2) is 11.5 Å². The molecule has 0 aliphatic carbocycles. The number of hydrogen-bond donors (Lipinski definition) is 2. The lowest BCUT2D eigenvalue weighted by Crippen LogP contribution is -2.32. The van der Waals surface area contributed by atoms with Crippen molar-refractivity contribution in [3.63, 3.8) is 0 Å². The molecule has 1 unspecified atom stereocenters. The molecule has 0 bridgehead atoms. The van der Waals surface area contributed by atoms with Gasteiger partial charge in [-0.2, -0.15) is 0 Å². The number of halogens is 1. The van der Waals surface area contributed by atoms with Gasteiger partial charge in [-0.1, -0.05) is 28.1 Å². The number of benzene rings is 2. The predicted octanol–water partition coefficient (Wildman–Crippen LogP) is 3.85. The summed E-state index contributed by atoms with van der Waals surface area (Å²) in [5, 5.41) is 21.4. The van der Waals surface area contributed by atoms with Crippen molar-refractivity contribution in [2.24, 2.45) is 0 Å². The number of Topliss-reactive ketones (excluding diaryl/α,β-unsaturated/α-hetero) is 1.